The number of hydrogen-bond donors (Lipinski definition) is 1. The Labute approximate surface area is 221 Å². The van der Waals surface area contributed by atoms with E-state index in [2.05, 4.69) is 71.0 Å². The second kappa shape index (κ2) is 10.2. The first-order valence-electron chi connectivity index (χ1n) is 12.5. The van der Waals surface area contributed by atoms with Gasteiger partial charge in [0.15, 0.2) is 0 Å². The zero-order valence-corrected chi connectivity index (χ0v) is 20.9. The summed E-state index contributed by atoms with van der Waals surface area (Å²) in [5, 5.41) is 4.26. The molecule has 4 aromatic rings. The molecule has 1 heterocycles. The lowest BCUT2D eigenvalue weighted by molar-refractivity contribution is 0.306. The zero-order valence-electron chi connectivity index (χ0n) is 20.1. The molecule has 3 nitrogen and oxygen atoms in total. The summed E-state index contributed by atoms with van der Waals surface area (Å²) in [7, 11) is 0. The van der Waals surface area contributed by atoms with Crippen LogP contribution in [0.4, 0.5) is 15.8 Å². The van der Waals surface area contributed by atoms with Gasteiger partial charge in [-0.25, -0.2) is 4.39 Å². The van der Waals surface area contributed by atoms with Crippen LogP contribution in [0.2, 0.25) is 5.02 Å². The number of anilines is 1. The van der Waals surface area contributed by atoms with Gasteiger partial charge >= 0.3 is 0 Å². The van der Waals surface area contributed by atoms with Crippen molar-refractivity contribution in [2.45, 2.75) is 25.0 Å². The normalized spacial score (nSPS) is 19.9. The van der Waals surface area contributed by atoms with Gasteiger partial charge in [0.1, 0.15) is 18.2 Å². The van der Waals surface area contributed by atoms with Crippen LogP contribution in [0, 0.1) is 11.7 Å². The third-order valence-corrected chi connectivity index (χ3v) is 7.42. The van der Waals surface area contributed by atoms with E-state index in [0.717, 1.165) is 23.2 Å². The molecule has 1 aliphatic carbocycles. The molecule has 2 aliphatic rings. The SMILES string of the molecule is Fc1cccc(COc2ccc(C=Nc3ccc([C@@H]4Nc5ccccc5[C@H]5C=CC[C@H]54)cc3)cc2Cl)c1. The van der Waals surface area contributed by atoms with Crippen molar-refractivity contribution in [1.82, 2.24) is 0 Å². The molecular weight excluding hydrogens is 483 g/mol. The van der Waals surface area contributed by atoms with Crippen LogP contribution in [0.25, 0.3) is 0 Å². The molecule has 0 radical (unpaired) electrons. The van der Waals surface area contributed by atoms with Gasteiger partial charge in [-0.05, 0) is 83.1 Å². The van der Waals surface area contributed by atoms with Crippen LogP contribution in [0.1, 0.15) is 40.6 Å². The standard InChI is InChI=1S/C32H26ClFN2O/c33-29-18-21(11-16-31(29)37-20-22-5-3-6-24(34)17-22)19-35-25-14-12-23(13-15-25)32-28-9-4-8-26(28)27-7-1-2-10-30(27)36-32/h1-8,10-19,26,28,32,36H,9,20H2/t26-,28-,32+/m1/s1. The molecule has 3 atom stereocenters. The second-order valence-corrected chi connectivity index (χ2v) is 9.93. The summed E-state index contributed by atoms with van der Waals surface area (Å²) in [5.74, 6) is 1.25. The van der Waals surface area contributed by atoms with E-state index in [9.17, 15) is 4.39 Å². The van der Waals surface area contributed by atoms with Crippen LogP contribution in [0.15, 0.2) is 108 Å². The smallest absolute Gasteiger partial charge is 0.138 e. The number of allylic oxidation sites excluding steroid dienone is 2. The predicted octanol–water partition coefficient (Wildman–Crippen LogP) is 8.64. The van der Waals surface area contributed by atoms with Crippen LogP contribution < -0.4 is 10.1 Å². The number of para-hydroxylation sites is 1. The third kappa shape index (κ3) is 5.03. The maximum Gasteiger partial charge on any atom is 0.138 e. The molecule has 1 N–H and O–H groups in total. The topological polar surface area (TPSA) is 33.6 Å². The zero-order chi connectivity index (χ0) is 25.2. The molecule has 0 spiro atoms. The first kappa shape index (κ1) is 23.5. The van der Waals surface area contributed by atoms with Crippen LogP contribution in [0.3, 0.4) is 0 Å². The molecule has 184 valence electrons. The van der Waals surface area contributed by atoms with E-state index in [4.69, 9.17) is 16.3 Å². The molecule has 0 unspecified atom stereocenters. The monoisotopic (exact) mass is 508 g/mol. The number of nitrogens with one attached hydrogen (secondary N) is 1. The van der Waals surface area contributed by atoms with Crippen LogP contribution in [-0.2, 0) is 6.61 Å². The minimum absolute atomic E-state index is 0.246. The van der Waals surface area contributed by atoms with Gasteiger partial charge in [0.25, 0.3) is 0 Å². The first-order valence-corrected chi connectivity index (χ1v) is 12.8. The lowest BCUT2D eigenvalue weighted by atomic mass is 9.77. The van der Waals surface area contributed by atoms with Crippen molar-refractivity contribution >= 4 is 29.2 Å². The Morgan fingerprint density at radius 1 is 0.973 bits per heavy atom. The van der Waals surface area contributed by atoms with E-state index >= 15 is 0 Å². The minimum Gasteiger partial charge on any atom is -0.487 e. The number of fused-ring (bicyclic) bond motifs is 3. The average molecular weight is 509 g/mol. The maximum atomic E-state index is 13.4. The summed E-state index contributed by atoms with van der Waals surface area (Å²) in [6.45, 7) is 0.246. The Hall–Kier alpha value is -3.89. The summed E-state index contributed by atoms with van der Waals surface area (Å²) in [4.78, 5) is 4.64. The highest BCUT2D eigenvalue weighted by atomic mass is 35.5. The molecule has 0 aromatic heterocycles. The number of nitrogens with zero attached hydrogens (tertiary/aromatic N) is 1. The highest BCUT2D eigenvalue weighted by Crippen LogP contribution is 2.49. The fourth-order valence-electron chi connectivity index (χ4n) is 5.29. The quantitative estimate of drug-likeness (QED) is 0.209. The van der Waals surface area contributed by atoms with E-state index in [1.807, 2.05) is 24.3 Å². The Morgan fingerprint density at radius 3 is 2.68 bits per heavy atom. The van der Waals surface area contributed by atoms with Gasteiger partial charge in [-0.15, -0.1) is 0 Å². The van der Waals surface area contributed by atoms with E-state index < -0.39 is 0 Å². The van der Waals surface area contributed by atoms with Gasteiger partial charge in [0, 0.05) is 17.8 Å². The maximum absolute atomic E-state index is 13.4. The number of hydrogen-bond acceptors (Lipinski definition) is 3. The Kier molecular flexibility index (Phi) is 6.50. The van der Waals surface area contributed by atoms with Gasteiger partial charge in [-0.2, -0.15) is 0 Å². The van der Waals surface area contributed by atoms with Crippen molar-refractivity contribution in [1.29, 1.82) is 0 Å². The van der Waals surface area contributed by atoms with Crippen LogP contribution >= 0.6 is 11.6 Å². The van der Waals surface area contributed by atoms with Crippen molar-refractivity contribution in [2.24, 2.45) is 10.9 Å². The number of rotatable bonds is 6. The van der Waals surface area contributed by atoms with Crippen molar-refractivity contribution < 1.29 is 9.13 Å². The van der Waals surface area contributed by atoms with E-state index in [1.54, 1.807) is 12.3 Å². The van der Waals surface area contributed by atoms with Crippen molar-refractivity contribution in [2.75, 3.05) is 5.32 Å². The molecule has 4 aromatic carbocycles. The lowest BCUT2D eigenvalue weighted by Gasteiger charge is -2.37. The summed E-state index contributed by atoms with van der Waals surface area (Å²) < 4.78 is 19.1. The summed E-state index contributed by atoms with van der Waals surface area (Å²) >= 11 is 6.42. The second-order valence-electron chi connectivity index (χ2n) is 9.52. The molecule has 0 bridgehead atoms. The predicted molar refractivity (Wildman–Crippen MR) is 149 cm³/mol. The number of aliphatic imine (C=N–C) groups is 1. The average Bonchev–Trinajstić information content (AvgIpc) is 3.42. The number of halogens is 2. The van der Waals surface area contributed by atoms with Gasteiger partial charge in [-0.1, -0.05) is 66.2 Å². The summed E-state index contributed by atoms with van der Waals surface area (Å²) in [5.41, 5.74) is 6.39. The van der Waals surface area contributed by atoms with Gasteiger partial charge in [0.2, 0.25) is 0 Å². The molecular formula is C32H26ClFN2O. The number of benzene rings is 4. The van der Waals surface area contributed by atoms with Crippen molar-refractivity contribution in [3.63, 3.8) is 0 Å². The Balaban J connectivity index is 1.12. The Morgan fingerprint density at radius 2 is 1.84 bits per heavy atom. The summed E-state index contributed by atoms with van der Waals surface area (Å²) in [6.07, 6.45) is 7.55. The first-order chi connectivity index (χ1) is 18.1. The third-order valence-electron chi connectivity index (χ3n) is 7.13. The van der Waals surface area contributed by atoms with E-state index in [1.165, 1.54) is 28.9 Å². The van der Waals surface area contributed by atoms with E-state index in [-0.39, 0.29) is 18.5 Å². The fraction of sp³-hybridized carbons (Fsp3) is 0.156. The highest BCUT2D eigenvalue weighted by Gasteiger charge is 2.37. The highest BCUT2D eigenvalue weighted by molar-refractivity contribution is 6.32. The molecule has 0 saturated carbocycles. The molecule has 0 amide bonds. The molecule has 6 rings (SSSR count). The van der Waals surface area contributed by atoms with Crippen LogP contribution in [-0.4, -0.2) is 6.21 Å². The van der Waals surface area contributed by atoms with Gasteiger partial charge in [-0.3, -0.25) is 4.99 Å². The largest absolute Gasteiger partial charge is 0.487 e. The van der Waals surface area contributed by atoms with Crippen molar-refractivity contribution in [3.8, 4) is 5.75 Å². The molecule has 0 fully saturated rings. The lowest BCUT2D eigenvalue weighted by Crippen LogP contribution is -2.28. The molecule has 0 saturated heterocycles. The van der Waals surface area contributed by atoms with E-state index in [0.29, 0.717) is 22.6 Å². The van der Waals surface area contributed by atoms with Gasteiger partial charge < -0.3 is 10.1 Å². The fourth-order valence-corrected chi connectivity index (χ4v) is 5.54. The summed E-state index contributed by atoms with van der Waals surface area (Å²) in [6, 6.07) is 29.2. The molecule has 5 heteroatoms. The molecule has 1 aliphatic heterocycles. The minimum atomic E-state index is -0.285. The number of ether oxygens (including phenoxy) is 1. The van der Waals surface area contributed by atoms with Crippen LogP contribution in [0.5, 0.6) is 5.75 Å². The molecule has 37 heavy (non-hydrogen) atoms. The Bertz CT molecular complexity index is 1480. The van der Waals surface area contributed by atoms with Gasteiger partial charge in [0.05, 0.1) is 16.8 Å². The van der Waals surface area contributed by atoms with Crippen molar-refractivity contribution in [3.05, 3.63) is 136 Å².